The highest BCUT2D eigenvalue weighted by molar-refractivity contribution is 5.90. The predicted octanol–water partition coefficient (Wildman–Crippen LogP) is 11.1. The van der Waals surface area contributed by atoms with Crippen molar-refractivity contribution in [2.75, 3.05) is 4.90 Å². The summed E-state index contributed by atoms with van der Waals surface area (Å²) in [6, 6.07) is 23.4. The van der Waals surface area contributed by atoms with Crippen LogP contribution in [0.25, 0.3) is 32.8 Å². The third-order valence-corrected chi connectivity index (χ3v) is 13.9. The lowest BCUT2D eigenvalue weighted by Gasteiger charge is -2.50. The van der Waals surface area contributed by atoms with E-state index in [-0.39, 0.29) is 0 Å². The zero-order valence-corrected chi connectivity index (χ0v) is 29.8. The molecule has 0 amide bonds. The van der Waals surface area contributed by atoms with Gasteiger partial charge >= 0.3 is 0 Å². The number of likely N-dealkylation sites (tertiary alicyclic amines) is 1. The van der Waals surface area contributed by atoms with Crippen LogP contribution in [0.5, 0.6) is 0 Å². The monoisotopic (exact) mass is 668 g/mol. The molecule has 256 valence electrons. The molecule has 0 N–H and O–H groups in total. The predicted molar refractivity (Wildman–Crippen MR) is 209 cm³/mol. The van der Waals surface area contributed by atoms with Crippen molar-refractivity contribution in [1.82, 2.24) is 14.9 Å². The maximum Gasteiger partial charge on any atom is 0.230 e. The molecule has 3 heterocycles. The molecule has 6 unspecified atom stereocenters. The second-order valence-corrected chi connectivity index (χ2v) is 16.5. The molecule has 1 aromatic heterocycles. The van der Waals surface area contributed by atoms with E-state index >= 15 is 0 Å². The molecule has 3 aromatic carbocycles. The van der Waals surface area contributed by atoms with Crippen molar-refractivity contribution in [3.05, 3.63) is 125 Å². The largest absolute Gasteiger partial charge is 0.362 e. The van der Waals surface area contributed by atoms with Crippen LogP contribution in [-0.4, -0.2) is 33.0 Å². The first-order valence-corrected chi connectivity index (χ1v) is 20.0. The van der Waals surface area contributed by atoms with Gasteiger partial charge in [-0.05, 0) is 128 Å². The maximum absolute atomic E-state index is 5.48. The van der Waals surface area contributed by atoms with Crippen LogP contribution in [0, 0.1) is 23.7 Å². The Morgan fingerprint density at radius 1 is 0.745 bits per heavy atom. The molecular weight excluding hydrogens is 621 g/mol. The van der Waals surface area contributed by atoms with E-state index in [1.807, 2.05) is 5.57 Å². The fourth-order valence-corrected chi connectivity index (χ4v) is 11.8. The summed E-state index contributed by atoms with van der Waals surface area (Å²) < 4.78 is 0. The van der Waals surface area contributed by atoms with Gasteiger partial charge in [0.15, 0.2) is 0 Å². The summed E-state index contributed by atoms with van der Waals surface area (Å²) in [4.78, 5) is 16.5. The number of hydrogen-bond donors (Lipinski definition) is 0. The number of allylic oxidation sites excluding steroid dienone is 6. The van der Waals surface area contributed by atoms with Gasteiger partial charge in [-0.15, -0.1) is 0 Å². The molecule has 7 aliphatic rings. The molecule has 4 nitrogen and oxygen atoms in total. The standard InChI is InChI=1S/C47H48N4/c1-29-12-2-9-19-40(29)50-41-20-10-7-17-37(41)43-35-15-5-6-16-36(35)44-38-18-8-11-21-42(38)51(46(44)45(43)50)47-48-28-34-27-33(24-25-39(34)49-47)32-23-22-30-13-3-4-14-31(30)26-32/h3-4,8,10,13-14,18-20,22-29,37,41,43-46H,2,5-7,9,11-12,15-17,21H2,1H3/t29?,37?,41?,43-,44?,45?,46?/m1/s1. The topological polar surface area (TPSA) is 32.3 Å². The average Bonchev–Trinajstić information content (AvgIpc) is 3.72. The summed E-state index contributed by atoms with van der Waals surface area (Å²) in [6.07, 6.45) is 28.6. The highest BCUT2D eigenvalue weighted by atomic mass is 15.4. The second-order valence-electron chi connectivity index (χ2n) is 16.5. The Labute approximate surface area is 302 Å². The lowest BCUT2D eigenvalue weighted by molar-refractivity contribution is 0.176. The Balaban J connectivity index is 1.06. The van der Waals surface area contributed by atoms with Crippen molar-refractivity contribution in [3.63, 3.8) is 0 Å². The van der Waals surface area contributed by atoms with Crippen molar-refractivity contribution in [3.8, 4) is 11.1 Å². The van der Waals surface area contributed by atoms with E-state index in [1.54, 1.807) is 16.8 Å². The molecule has 0 radical (unpaired) electrons. The lowest BCUT2D eigenvalue weighted by atomic mass is 9.62. The van der Waals surface area contributed by atoms with Gasteiger partial charge in [-0.25, -0.2) is 9.97 Å². The summed E-state index contributed by atoms with van der Waals surface area (Å²) in [5.74, 6) is 3.27. The maximum atomic E-state index is 5.48. The average molecular weight is 669 g/mol. The van der Waals surface area contributed by atoms with E-state index in [1.165, 1.54) is 85.4 Å². The van der Waals surface area contributed by atoms with Gasteiger partial charge in [0.25, 0.3) is 0 Å². The number of fused-ring (bicyclic) bond motifs is 10. The van der Waals surface area contributed by atoms with Gasteiger partial charge < -0.3 is 9.80 Å². The van der Waals surface area contributed by atoms with E-state index in [4.69, 9.17) is 9.97 Å². The first-order chi connectivity index (χ1) is 25.2. The van der Waals surface area contributed by atoms with Crippen molar-refractivity contribution in [2.45, 2.75) is 95.7 Å². The Hall–Kier alpha value is -4.44. The summed E-state index contributed by atoms with van der Waals surface area (Å²) in [6.45, 7) is 2.50. The Morgan fingerprint density at radius 2 is 1.59 bits per heavy atom. The fraction of sp³-hybridized carbons (Fsp3) is 0.404. The number of hydrogen-bond acceptors (Lipinski definition) is 4. The summed E-state index contributed by atoms with van der Waals surface area (Å²) in [7, 11) is 0. The molecule has 0 bridgehead atoms. The number of rotatable bonds is 3. The molecule has 0 saturated carbocycles. The number of nitrogens with zero attached hydrogens (tertiary/aromatic N) is 4. The zero-order valence-electron chi connectivity index (χ0n) is 29.8. The highest BCUT2D eigenvalue weighted by Crippen LogP contribution is 2.61. The first-order valence-electron chi connectivity index (χ1n) is 20.0. The number of anilines is 1. The van der Waals surface area contributed by atoms with E-state index in [0.29, 0.717) is 41.8 Å². The van der Waals surface area contributed by atoms with Gasteiger partial charge in [0.2, 0.25) is 5.95 Å². The number of aromatic nitrogens is 2. The van der Waals surface area contributed by atoms with Crippen molar-refractivity contribution in [2.24, 2.45) is 23.7 Å². The lowest BCUT2D eigenvalue weighted by Crippen LogP contribution is -2.56. The zero-order chi connectivity index (χ0) is 33.6. The normalized spacial score (nSPS) is 31.1. The molecule has 1 fully saturated rings. The smallest absolute Gasteiger partial charge is 0.230 e. The molecule has 4 heteroatoms. The first kappa shape index (κ1) is 30.2. The van der Waals surface area contributed by atoms with Crippen LogP contribution in [0.4, 0.5) is 5.95 Å². The molecule has 0 spiro atoms. The summed E-state index contributed by atoms with van der Waals surface area (Å²) >= 11 is 0. The molecule has 7 atom stereocenters. The van der Waals surface area contributed by atoms with Crippen LogP contribution in [0.3, 0.4) is 0 Å². The quantitative estimate of drug-likeness (QED) is 0.203. The molecule has 11 rings (SSSR count). The minimum Gasteiger partial charge on any atom is -0.362 e. The van der Waals surface area contributed by atoms with Gasteiger partial charge in [-0.3, -0.25) is 0 Å². The van der Waals surface area contributed by atoms with E-state index < -0.39 is 0 Å². The minimum atomic E-state index is 0.322. The van der Waals surface area contributed by atoms with E-state index in [2.05, 4.69) is 114 Å². The van der Waals surface area contributed by atoms with E-state index in [9.17, 15) is 0 Å². The van der Waals surface area contributed by atoms with Crippen LogP contribution in [-0.2, 0) is 0 Å². The Morgan fingerprint density at radius 3 is 2.49 bits per heavy atom. The van der Waals surface area contributed by atoms with E-state index in [0.717, 1.165) is 29.7 Å². The second kappa shape index (κ2) is 11.8. The fourth-order valence-electron chi connectivity index (χ4n) is 11.8. The molecule has 51 heavy (non-hydrogen) atoms. The van der Waals surface area contributed by atoms with Crippen LogP contribution >= 0.6 is 0 Å². The highest BCUT2D eigenvalue weighted by Gasteiger charge is 2.62. The van der Waals surface area contributed by atoms with Crippen LogP contribution in [0.15, 0.2) is 125 Å². The third kappa shape index (κ3) is 4.57. The Bertz CT molecular complexity index is 2240. The van der Waals surface area contributed by atoms with Crippen LogP contribution < -0.4 is 4.90 Å². The van der Waals surface area contributed by atoms with Crippen LogP contribution in [0.1, 0.15) is 77.6 Å². The van der Waals surface area contributed by atoms with Crippen LogP contribution in [0.2, 0.25) is 0 Å². The number of benzene rings is 3. The van der Waals surface area contributed by atoms with Gasteiger partial charge in [0, 0.05) is 34.8 Å². The molecule has 4 aromatic rings. The minimum absolute atomic E-state index is 0.322. The van der Waals surface area contributed by atoms with Crippen molar-refractivity contribution < 1.29 is 0 Å². The van der Waals surface area contributed by atoms with Crippen molar-refractivity contribution >= 4 is 27.6 Å². The van der Waals surface area contributed by atoms with Gasteiger partial charge in [0.1, 0.15) is 0 Å². The molecule has 5 aliphatic carbocycles. The van der Waals surface area contributed by atoms with Gasteiger partial charge in [-0.2, -0.15) is 0 Å². The summed E-state index contributed by atoms with van der Waals surface area (Å²) in [5, 5.41) is 3.65. The summed E-state index contributed by atoms with van der Waals surface area (Å²) in [5.41, 5.74) is 11.9. The van der Waals surface area contributed by atoms with Crippen molar-refractivity contribution in [1.29, 1.82) is 0 Å². The van der Waals surface area contributed by atoms with Gasteiger partial charge in [-0.1, -0.05) is 90.9 Å². The Kier molecular flexibility index (Phi) is 6.99. The van der Waals surface area contributed by atoms with Gasteiger partial charge in [0.05, 0.1) is 23.6 Å². The third-order valence-electron chi connectivity index (χ3n) is 13.9. The SMILES string of the molecule is CC1CCCC=C1N1C2C=CCCC2[C@H]2C3=C(CCCC3)C3C4=C(CCC=C4)N(c4ncc5cc(-c6ccc7ccccc7c6)ccc5n4)C3C21. The molecule has 1 saturated heterocycles. The molecular formula is C47H48N4. The molecule has 2 aliphatic heterocycles.